The van der Waals surface area contributed by atoms with E-state index in [1.807, 2.05) is 58.9 Å². The largest absolute Gasteiger partial charge is 0.494 e. The molecule has 3 aromatic rings. The molecule has 0 saturated heterocycles. The molecule has 8 nitrogen and oxygen atoms in total. The van der Waals surface area contributed by atoms with Gasteiger partial charge in [0, 0.05) is 17.6 Å². The highest BCUT2D eigenvalue weighted by molar-refractivity contribution is 9.10. The predicted molar refractivity (Wildman–Crippen MR) is 170 cm³/mol. The highest BCUT2D eigenvalue weighted by Gasteiger charge is 2.34. The van der Waals surface area contributed by atoms with Crippen LogP contribution >= 0.6 is 15.9 Å². The van der Waals surface area contributed by atoms with Gasteiger partial charge in [-0.2, -0.15) is 0 Å². The van der Waals surface area contributed by atoms with Crippen LogP contribution in [0.4, 0.5) is 5.69 Å². The first-order chi connectivity index (χ1) is 20.0. The number of carbonyl (C=O) groups excluding carboxylic acids is 2. The molecule has 1 unspecified atom stereocenters. The lowest BCUT2D eigenvalue weighted by Crippen LogP contribution is -2.52. The van der Waals surface area contributed by atoms with Crippen molar-refractivity contribution < 1.29 is 22.7 Å². The van der Waals surface area contributed by atoms with Gasteiger partial charge in [-0.3, -0.25) is 13.9 Å². The number of amides is 2. The lowest BCUT2D eigenvalue weighted by atomic mass is 10.1. The molecule has 226 valence electrons. The van der Waals surface area contributed by atoms with Crippen molar-refractivity contribution in [2.75, 3.05) is 24.0 Å². The first kappa shape index (κ1) is 33.1. The first-order valence-corrected chi connectivity index (χ1v) is 16.3. The second-order valence-electron chi connectivity index (χ2n) is 10.4. The Morgan fingerprint density at radius 2 is 1.60 bits per heavy atom. The highest BCUT2D eigenvalue weighted by atomic mass is 79.9. The molecule has 2 amide bonds. The second-order valence-corrected chi connectivity index (χ2v) is 13.2. The number of nitrogens with one attached hydrogen (secondary N) is 1. The Balaban J connectivity index is 2.06. The Hall–Kier alpha value is -3.37. The number of nitrogens with zero attached hydrogens (tertiary/aromatic N) is 2. The van der Waals surface area contributed by atoms with Crippen LogP contribution in [0, 0.1) is 12.8 Å². The van der Waals surface area contributed by atoms with Crippen LogP contribution in [0.1, 0.15) is 45.2 Å². The smallest absolute Gasteiger partial charge is 0.264 e. The van der Waals surface area contributed by atoms with Crippen LogP contribution in [-0.2, 0) is 26.2 Å². The van der Waals surface area contributed by atoms with Crippen molar-refractivity contribution in [2.45, 2.75) is 58.5 Å². The molecule has 0 aliphatic rings. The van der Waals surface area contributed by atoms with Gasteiger partial charge >= 0.3 is 0 Å². The molecule has 10 heteroatoms. The Morgan fingerprint density at radius 3 is 2.17 bits per heavy atom. The maximum atomic E-state index is 14.2. The van der Waals surface area contributed by atoms with Gasteiger partial charge in [0.05, 0.1) is 17.2 Å². The Morgan fingerprint density at radius 1 is 0.952 bits per heavy atom. The van der Waals surface area contributed by atoms with Crippen LogP contribution in [0.3, 0.4) is 0 Å². The average Bonchev–Trinajstić information content (AvgIpc) is 2.96. The number of anilines is 1. The summed E-state index contributed by atoms with van der Waals surface area (Å²) in [5.74, 6) is 0.0664. The van der Waals surface area contributed by atoms with E-state index in [2.05, 4.69) is 21.2 Å². The molecule has 0 aliphatic carbocycles. The van der Waals surface area contributed by atoms with Crippen LogP contribution in [0.2, 0.25) is 0 Å². The van der Waals surface area contributed by atoms with Crippen molar-refractivity contribution in [2.24, 2.45) is 5.92 Å². The summed E-state index contributed by atoms with van der Waals surface area (Å²) >= 11 is 3.35. The van der Waals surface area contributed by atoms with Gasteiger partial charge in [-0.25, -0.2) is 8.42 Å². The standard InChI is InChI=1S/C32H40BrN3O5S/c1-6-30(32(38)34-20-23(3)4)35(21-25-11-9-8-10-24(25)5)31(37)22-36(27-14-16-28(17-15-27)41-7-2)42(39,40)29-18-12-26(33)13-19-29/h8-19,23,30H,6-7,20-22H2,1-5H3,(H,34,38). The lowest BCUT2D eigenvalue weighted by molar-refractivity contribution is -0.140. The molecule has 0 aliphatic heterocycles. The van der Waals surface area contributed by atoms with E-state index < -0.39 is 28.5 Å². The van der Waals surface area contributed by atoms with Crippen molar-refractivity contribution in [1.29, 1.82) is 0 Å². The number of hydrogen-bond acceptors (Lipinski definition) is 5. The Kier molecular flexibility index (Phi) is 12.0. The van der Waals surface area contributed by atoms with Crippen molar-refractivity contribution in [1.82, 2.24) is 10.2 Å². The maximum absolute atomic E-state index is 14.2. The molecule has 0 bridgehead atoms. The zero-order valence-corrected chi connectivity index (χ0v) is 27.2. The number of rotatable bonds is 14. The molecule has 0 aromatic heterocycles. The van der Waals surface area contributed by atoms with Gasteiger partial charge in [0.25, 0.3) is 10.0 Å². The van der Waals surface area contributed by atoms with Crippen LogP contribution in [0.15, 0.2) is 82.2 Å². The van der Waals surface area contributed by atoms with Gasteiger partial charge in [0.2, 0.25) is 11.8 Å². The molecule has 3 rings (SSSR count). The minimum Gasteiger partial charge on any atom is -0.494 e. The number of hydrogen-bond donors (Lipinski definition) is 1. The van der Waals surface area contributed by atoms with Gasteiger partial charge in [0.15, 0.2) is 0 Å². The zero-order chi connectivity index (χ0) is 30.9. The van der Waals surface area contributed by atoms with Gasteiger partial charge < -0.3 is 15.0 Å². The Bertz CT molecular complexity index is 1440. The normalized spacial score (nSPS) is 12.1. The van der Waals surface area contributed by atoms with Crippen LogP contribution in [-0.4, -0.2) is 50.9 Å². The van der Waals surface area contributed by atoms with E-state index in [1.54, 1.807) is 36.4 Å². The summed E-state index contributed by atoms with van der Waals surface area (Å²) in [4.78, 5) is 29.1. The summed E-state index contributed by atoms with van der Waals surface area (Å²) in [7, 11) is -4.16. The molecule has 3 aromatic carbocycles. The minimum atomic E-state index is -4.16. The summed E-state index contributed by atoms with van der Waals surface area (Å²) in [6.45, 7) is 10.3. The molecule has 0 radical (unpaired) electrons. The van der Waals surface area contributed by atoms with E-state index in [-0.39, 0.29) is 23.3 Å². The predicted octanol–water partition coefficient (Wildman–Crippen LogP) is 5.93. The zero-order valence-electron chi connectivity index (χ0n) is 24.8. The van der Waals surface area contributed by atoms with Gasteiger partial charge in [-0.15, -0.1) is 0 Å². The minimum absolute atomic E-state index is 0.0413. The molecular weight excluding hydrogens is 618 g/mol. The van der Waals surface area contributed by atoms with Crippen LogP contribution in [0.25, 0.3) is 0 Å². The summed E-state index contributed by atoms with van der Waals surface area (Å²) in [6.07, 6.45) is 0.365. The fraction of sp³-hybridized carbons (Fsp3) is 0.375. The van der Waals surface area contributed by atoms with E-state index >= 15 is 0 Å². The van der Waals surface area contributed by atoms with Crippen LogP contribution in [0.5, 0.6) is 5.75 Å². The van der Waals surface area contributed by atoms with Crippen molar-refractivity contribution in [3.8, 4) is 5.75 Å². The fourth-order valence-electron chi connectivity index (χ4n) is 4.45. The van der Waals surface area contributed by atoms with E-state index in [0.717, 1.165) is 19.9 Å². The van der Waals surface area contributed by atoms with E-state index in [9.17, 15) is 18.0 Å². The quantitative estimate of drug-likeness (QED) is 0.232. The number of benzene rings is 3. The number of sulfonamides is 1. The fourth-order valence-corrected chi connectivity index (χ4v) is 6.13. The third-order valence-electron chi connectivity index (χ3n) is 6.79. The summed E-state index contributed by atoms with van der Waals surface area (Å²) in [5, 5.41) is 2.95. The van der Waals surface area contributed by atoms with Gasteiger partial charge in [-0.05, 0) is 85.8 Å². The van der Waals surface area contributed by atoms with Gasteiger partial charge in [0.1, 0.15) is 18.3 Å². The first-order valence-electron chi connectivity index (χ1n) is 14.1. The van der Waals surface area contributed by atoms with Crippen molar-refractivity contribution >= 4 is 43.5 Å². The SMILES string of the molecule is CCOc1ccc(N(CC(=O)N(Cc2ccccc2C)C(CC)C(=O)NCC(C)C)S(=O)(=O)c2ccc(Br)cc2)cc1. The Labute approximate surface area is 258 Å². The van der Waals surface area contributed by atoms with Crippen molar-refractivity contribution in [3.05, 3.63) is 88.4 Å². The summed E-state index contributed by atoms with van der Waals surface area (Å²) in [6, 6.07) is 19.7. The number of carbonyl (C=O) groups is 2. The monoisotopic (exact) mass is 657 g/mol. The molecular formula is C32H40BrN3O5S. The molecule has 0 saturated carbocycles. The van der Waals surface area contributed by atoms with Crippen molar-refractivity contribution in [3.63, 3.8) is 0 Å². The maximum Gasteiger partial charge on any atom is 0.264 e. The van der Waals surface area contributed by atoms with E-state index in [1.165, 1.54) is 17.0 Å². The molecule has 42 heavy (non-hydrogen) atoms. The van der Waals surface area contributed by atoms with Crippen LogP contribution < -0.4 is 14.4 Å². The molecule has 1 N–H and O–H groups in total. The molecule has 0 heterocycles. The lowest BCUT2D eigenvalue weighted by Gasteiger charge is -2.33. The topological polar surface area (TPSA) is 96.0 Å². The third-order valence-corrected chi connectivity index (χ3v) is 9.11. The van der Waals surface area contributed by atoms with E-state index in [4.69, 9.17) is 4.74 Å². The molecule has 0 fully saturated rings. The number of halogens is 1. The van der Waals surface area contributed by atoms with E-state index in [0.29, 0.717) is 31.0 Å². The molecule has 1 atom stereocenters. The molecule has 0 spiro atoms. The van der Waals surface area contributed by atoms with Gasteiger partial charge in [-0.1, -0.05) is 61.0 Å². The average molecular weight is 659 g/mol. The third kappa shape index (κ3) is 8.58. The second kappa shape index (κ2) is 15.2. The highest BCUT2D eigenvalue weighted by Crippen LogP contribution is 2.28. The summed E-state index contributed by atoms with van der Waals surface area (Å²) in [5.41, 5.74) is 2.16. The summed E-state index contributed by atoms with van der Waals surface area (Å²) < 4.78 is 35.4. The number of ether oxygens (including phenoxy) is 1. The number of aryl methyl sites for hydroxylation is 1.